The van der Waals surface area contributed by atoms with Crippen molar-refractivity contribution in [1.29, 1.82) is 0 Å². The van der Waals surface area contributed by atoms with Gasteiger partial charge in [0.05, 0.1) is 18.2 Å². The first-order valence-corrected chi connectivity index (χ1v) is 11.4. The molecule has 1 aromatic heterocycles. The zero-order valence-corrected chi connectivity index (χ0v) is 19.0. The largest absolute Gasteiger partial charge is 0.479 e. The topological polar surface area (TPSA) is 84.7 Å². The van der Waals surface area contributed by atoms with Crippen molar-refractivity contribution in [1.82, 2.24) is 14.5 Å². The number of amides is 1. The summed E-state index contributed by atoms with van der Waals surface area (Å²) in [7, 11) is 0. The molecule has 0 radical (unpaired) electrons. The van der Waals surface area contributed by atoms with Crippen molar-refractivity contribution in [3.63, 3.8) is 0 Å². The van der Waals surface area contributed by atoms with Gasteiger partial charge in [-0.3, -0.25) is 4.90 Å². The molecular formula is C26H29N3O4. The van der Waals surface area contributed by atoms with E-state index in [0.29, 0.717) is 18.7 Å². The Morgan fingerprint density at radius 3 is 2.27 bits per heavy atom. The van der Waals surface area contributed by atoms with Gasteiger partial charge in [-0.2, -0.15) is 0 Å². The fourth-order valence-electron chi connectivity index (χ4n) is 4.65. The van der Waals surface area contributed by atoms with Crippen LogP contribution in [0.1, 0.15) is 55.5 Å². The van der Waals surface area contributed by atoms with Crippen LogP contribution in [0.4, 0.5) is 4.79 Å². The van der Waals surface area contributed by atoms with Crippen LogP contribution in [0.3, 0.4) is 0 Å². The standard InChI is InChI=1S/C26H29N3O4/c1-3-13-28-17-27-15-23(28)24(25(30)31)29(14-4-2)26(32)33-16-22-20-11-7-5-9-18(20)19-10-6-8-12-21(19)22/h5-12,15,17,22,24H,3-4,13-14,16H2,1-2H3,(H,30,31). The number of benzene rings is 2. The van der Waals surface area contributed by atoms with Crippen LogP contribution in [0.15, 0.2) is 61.1 Å². The van der Waals surface area contributed by atoms with Crippen molar-refractivity contribution in [2.24, 2.45) is 0 Å². The minimum Gasteiger partial charge on any atom is -0.479 e. The maximum atomic E-state index is 13.2. The lowest BCUT2D eigenvalue weighted by Gasteiger charge is -2.29. The summed E-state index contributed by atoms with van der Waals surface area (Å²) in [6.07, 6.45) is 3.93. The lowest BCUT2D eigenvalue weighted by atomic mass is 9.98. The average molecular weight is 448 g/mol. The molecule has 1 aliphatic rings. The molecule has 1 amide bonds. The number of hydrogen-bond donors (Lipinski definition) is 1. The molecule has 0 saturated heterocycles. The lowest BCUT2D eigenvalue weighted by molar-refractivity contribution is -0.143. The quantitative estimate of drug-likeness (QED) is 0.494. The minimum atomic E-state index is -1.16. The highest BCUT2D eigenvalue weighted by Gasteiger charge is 2.35. The van der Waals surface area contributed by atoms with Gasteiger partial charge in [0.1, 0.15) is 6.61 Å². The Kier molecular flexibility index (Phi) is 6.77. The van der Waals surface area contributed by atoms with Crippen LogP contribution >= 0.6 is 0 Å². The molecule has 33 heavy (non-hydrogen) atoms. The molecule has 2 aromatic carbocycles. The first-order chi connectivity index (χ1) is 16.1. The fraction of sp³-hybridized carbons (Fsp3) is 0.346. The smallest absolute Gasteiger partial charge is 0.410 e. The van der Waals surface area contributed by atoms with E-state index in [1.807, 2.05) is 38.1 Å². The van der Waals surface area contributed by atoms with E-state index < -0.39 is 18.1 Å². The van der Waals surface area contributed by atoms with Gasteiger partial charge in [0, 0.05) is 19.0 Å². The predicted octanol–water partition coefficient (Wildman–Crippen LogP) is 5.08. The monoisotopic (exact) mass is 447 g/mol. The third kappa shape index (κ3) is 4.35. The molecule has 1 N–H and O–H groups in total. The van der Waals surface area contributed by atoms with Crippen molar-refractivity contribution in [3.05, 3.63) is 77.9 Å². The van der Waals surface area contributed by atoms with Crippen LogP contribution in [0.2, 0.25) is 0 Å². The molecule has 1 heterocycles. The molecule has 0 aliphatic heterocycles. The van der Waals surface area contributed by atoms with Crippen LogP contribution in [0.5, 0.6) is 0 Å². The Bertz CT molecular complexity index is 1090. The molecule has 0 saturated carbocycles. The molecule has 7 heteroatoms. The number of aliphatic carboxylic acids is 1. The average Bonchev–Trinajstić information content (AvgIpc) is 3.40. The Hall–Kier alpha value is -3.61. The van der Waals surface area contributed by atoms with Crippen LogP contribution in [0.25, 0.3) is 11.1 Å². The first kappa shape index (κ1) is 22.6. The highest BCUT2D eigenvalue weighted by Crippen LogP contribution is 2.44. The van der Waals surface area contributed by atoms with Crippen LogP contribution in [-0.4, -0.2) is 44.8 Å². The predicted molar refractivity (Wildman–Crippen MR) is 125 cm³/mol. The SMILES string of the molecule is CCCN(C(=O)OCC1c2ccccc2-c2ccccc21)C(C(=O)O)c1cncn1CCC. The number of rotatable bonds is 9. The maximum Gasteiger partial charge on any atom is 0.410 e. The van der Waals surface area contributed by atoms with Crippen molar-refractivity contribution >= 4 is 12.1 Å². The molecule has 1 atom stereocenters. The summed E-state index contributed by atoms with van der Waals surface area (Å²) < 4.78 is 7.57. The van der Waals surface area contributed by atoms with Gasteiger partial charge in [0.2, 0.25) is 0 Å². The van der Waals surface area contributed by atoms with E-state index in [0.717, 1.165) is 28.7 Å². The summed E-state index contributed by atoms with van der Waals surface area (Å²) in [5, 5.41) is 10.0. The number of nitrogens with zero attached hydrogens (tertiary/aromatic N) is 3. The van der Waals surface area contributed by atoms with E-state index in [4.69, 9.17) is 4.74 Å². The van der Waals surface area contributed by atoms with E-state index in [2.05, 4.69) is 29.2 Å². The molecule has 0 fully saturated rings. The van der Waals surface area contributed by atoms with E-state index in [9.17, 15) is 14.7 Å². The van der Waals surface area contributed by atoms with E-state index in [1.165, 1.54) is 11.1 Å². The highest BCUT2D eigenvalue weighted by atomic mass is 16.6. The van der Waals surface area contributed by atoms with Crippen LogP contribution < -0.4 is 0 Å². The number of aryl methyl sites for hydroxylation is 1. The van der Waals surface area contributed by atoms with Gasteiger partial charge in [-0.1, -0.05) is 62.4 Å². The summed E-state index contributed by atoms with van der Waals surface area (Å²) in [6.45, 7) is 4.96. The number of aromatic nitrogens is 2. The third-order valence-electron chi connectivity index (χ3n) is 6.07. The van der Waals surface area contributed by atoms with Crippen molar-refractivity contribution in [2.75, 3.05) is 13.2 Å². The summed E-state index contributed by atoms with van der Waals surface area (Å²) >= 11 is 0. The second kappa shape index (κ2) is 9.90. The number of fused-ring (bicyclic) bond motifs is 3. The number of imidazole rings is 1. The lowest BCUT2D eigenvalue weighted by Crippen LogP contribution is -2.41. The molecule has 1 unspecified atom stereocenters. The fourth-order valence-corrected chi connectivity index (χ4v) is 4.65. The van der Waals surface area contributed by atoms with E-state index >= 15 is 0 Å². The van der Waals surface area contributed by atoms with Gasteiger partial charge in [-0.15, -0.1) is 0 Å². The van der Waals surface area contributed by atoms with E-state index in [1.54, 1.807) is 10.9 Å². The molecule has 4 rings (SSSR count). The molecule has 172 valence electrons. The van der Waals surface area contributed by atoms with E-state index in [-0.39, 0.29) is 19.1 Å². The van der Waals surface area contributed by atoms with Gasteiger partial charge in [-0.25, -0.2) is 14.6 Å². The number of hydrogen-bond acceptors (Lipinski definition) is 4. The number of carbonyl (C=O) groups is 2. The third-order valence-corrected chi connectivity index (χ3v) is 6.07. The van der Waals surface area contributed by atoms with Crippen LogP contribution in [-0.2, 0) is 16.1 Å². The Morgan fingerprint density at radius 1 is 1.06 bits per heavy atom. The zero-order chi connectivity index (χ0) is 23.4. The molecule has 7 nitrogen and oxygen atoms in total. The Labute approximate surface area is 193 Å². The molecular weight excluding hydrogens is 418 g/mol. The van der Waals surface area contributed by atoms with Crippen molar-refractivity contribution in [2.45, 2.75) is 45.2 Å². The van der Waals surface area contributed by atoms with Gasteiger partial charge in [0.25, 0.3) is 0 Å². The number of carbonyl (C=O) groups excluding carboxylic acids is 1. The van der Waals surface area contributed by atoms with Gasteiger partial charge in [-0.05, 0) is 35.1 Å². The summed E-state index contributed by atoms with van der Waals surface area (Å²) in [5.74, 6) is -1.19. The highest BCUT2D eigenvalue weighted by molar-refractivity contribution is 5.82. The minimum absolute atomic E-state index is 0.0845. The van der Waals surface area contributed by atoms with Gasteiger partial charge >= 0.3 is 12.1 Å². The summed E-state index contributed by atoms with van der Waals surface area (Å²) in [4.78, 5) is 30.9. The van der Waals surface area contributed by atoms with Crippen molar-refractivity contribution < 1.29 is 19.4 Å². The maximum absolute atomic E-state index is 13.2. The Morgan fingerprint density at radius 2 is 1.70 bits per heavy atom. The number of carboxylic acid groups (broad SMARTS) is 1. The summed E-state index contributed by atoms with van der Waals surface area (Å²) in [5.41, 5.74) is 5.00. The van der Waals surface area contributed by atoms with Crippen molar-refractivity contribution in [3.8, 4) is 11.1 Å². The van der Waals surface area contributed by atoms with Gasteiger partial charge < -0.3 is 14.4 Å². The molecule has 0 bridgehead atoms. The van der Waals surface area contributed by atoms with Crippen LogP contribution in [0, 0.1) is 0 Å². The second-order valence-corrected chi connectivity index (χ2v) is 8.25. The zero-order valence-electron chi connectivity index (χ0n) is 19.0. The number of ether oxygens (including phenoxy) is 1. The second-order valence-electron chi connectivity index (χ2n) is 8.25. The normalized spacial score (nSPS) is 13.3. The summed E-state index contributed by atoms with van der Waals surface area (Å²) in [6, 6.07) is 15.1. The van der Waals surface area contributed by atoms with Gasteiger partial charge in [0.15, 0.2) is 6.04 Å². The number of carboxylic acids is 1. The Balaban J connectivity index is 1.58. The molecule has 0 spiro atoms. The molecule has 3 aromatic rings. The first-order valence-electron chi connectivity index (χ1n) is 11.4. The molecule has 1 aliphatic carbocycles.